The maximum atomic E-state index is 11.5. The van der Waals surface area contributed by atoms with E-state index >= 15 is 0 Å². The van der Waals surface area contributed by atoms with Gasteiger partial charge in [0.25, 0.3) is 5.56 Å². The van der Waals surface area contributed by atoms with Crippen molar-refractivity contribution < 1.29 is 0 Å². The number of aryl methyl sites for hydroxylation is 1. The van der Waals surface area contributed by atoms with E-state index in [1.807, 2.05) is 0 Å². The van der Waals surface area contributed by atoms with E-state index in [9.17, 15) is 4.79 Å². The van der Waals surface area contributed by atoms with Gasteiger partial charge in [0.15, 0.2) is 5.16 Å². The molecule has 1 aromatic heterocycles. The molecule has 18 heavy (non-hydrogen) atoms. The zero-order valence-electron chi connectivity index (χ0n) is 10.5. The number of aromatic nitrogens is 2. The number of nitrogens with one attached hydrogen (secondary N) is 1. The van der Waals surface area contributed by atoms with Crippen molar-refractivity contribution in [3.8, 4) is 6.07 Å². The Bertz CT molecular complexity index is 514. The molecular formula is C13H17N3OS. The number of aromatic amines is 1. The Morgan fingerprint density at radius 2 is 2.39 bits per heavy atom. The van der Waals surface area contributed by atoms with Crippen LogP contribution in [-0.2, 0) is 6.42 Å². The van der Waals surface area contributed by atoms with Crippen LogP contribution in [0.5, 0.6) is 0 Å². The minimum atomic E-state index is -0.0823. The maximum Gasteiger partial charge on any atom is 0.251 e. The quantitative estimate of drug-likeness (QED) is 0.632. The second kappa shape index (κ2) is 5.57. The van der Waals surface area contributed by atoms with Crippen molar-refractivity contribution in [2.24, 2.45) is 5.41 Å². The molecule has 0 aliphatic heterocycles. The van der Waals surface area contributed by atoms with Gasteiger partial charge < -0.3 is 4.98 Å². The van der Waals surface area contributed by atoms with E-state index in [0.717, 1.165) is 37.1 Å². The summed E-state index contributed by atoms with van der Waals surface area (Å²) in [6, 6.07) is 3.81. The van der Waals surface area contributed by atoms with Crippen molar-refractivity contribution in [3.63, 3.8) is 0 Å². The Morgan fingerprint density at radius 1 is 1.61 bits per heavy atom. The Morgan fingerprint density at radius 3 is 3.00 bits per heavy atom. The molecule has 0 atom stereocenters. The summed E-state index contributed by atoms with van der Waals surface area (Å²) in [7, 11) is 0. The zero-order valence-corrected chi connectivity index (χ0v) is 11.3. The molecule has 0 unspecified atom stereocenters. The minimum Gasteiger partial charge on any atom is -0.301 e. The van der Waals surface area contributed by atoms with Gasteiger partial charge >= 0.3 is 0 Å². The fourth-order valence-corrected chi connectivity index (χ4v) is 3.06. The van der Waals surface area contributed by atoms with Gasteiger partial charge in [-0.2, -0.15) is 5.26 Å². The molecule has 96 valence electrons. The van der Waals surface area contributed by atoms with Gasteiger partial charge in [-0.15, -0.1) is 0 Å². The number of nitriles is 1. The van der Waals surface area contributed by atoms with Gasteiger partial charge in [-0.05, 0) is 24.7 Å². The second-order valence-corrected chi connectivity index (χ2v) is 5.88. The predicted octanol–water partition coefficient (Wildman–Crippen LogP) is 2.51. The van der Waals surface area contributed by atoms with Gasteiger partial charge in [0.05, 0.1) is 6.07 Å². The highest BCUT2D eigenvalue weighted by atomic mass is 32.2. The molecule has 0 bridgehead atoms. The molecule has 2 rings (SSSR count). The lowest BCUT2D eigenvalue weighted by Gasteiger charge is -2.09. The highest BCUT2D eigenvalue weighted by Crippen LogP contribution is 2.51. The summed E-state index contributed by atoms with van der Waals surface area (Å²) in [6.07, 6.45) is 4.66. The van der Waals surface area contributed by atoms with Crippen molar-refractivity contribution in [2.75, 3.05) is 5.75 Å². The molecule has 0 saturated heterocycles. The Labute approximate surface area is 111 Å². The van der Waals surface area contributed by atoms with Gasteiger partial charge in [-0.3, -0.25) is 4.79 Å². The van der Waals surface area contributed by atoms with Crippen LogP contribution in [0.2, 0.25) is 0 Å². The van der Waals surface area contributed by atoms with Crippen LogP contribution >= 0.6 is 11.8 Å². The van der Waals surface area contributed by atoms with Crippen LogP contribution in [0.1, 0.15) is 38.3 Å². The van der Waals surface area contributed by atoms with Crippen LogP contribution in [0.3, 0.4) is 0 Å². The van der Waals surface area contributed by atoms with E-state index in [0.29, 0.717) is 11.6 Å². The average Bonchev–Trinajstić information content (AvgIpc) is 3.07. The molecule has 1 heterocycles. The molecule has 1 N–H and O–H groups in total. The Hall–Kier alpha value is -1.28. The van der Waals surface area contributed by atoms with Crippen molar-refractivity contribution in [2.45, 2.75) is 44.2 Å². The number of hydrogen-bond acceptors (Lipinski definition) is 4. The van der Waals surface area contributed by atoms with Crippen LogP contribution in [0, 0.1) is 16.7 Å². The van der Waals surface area contributed by atoms with Crippen LogP contribution in [0.25, 0.3) is 0 Å². The van der Waals surface area contributed by atoms with Crippen LogP contribution in [0.4, 0.5) is 0 Å². The molecule has 1 fully saturated rings. The number of rotatable bonds is 6. The van der Waals surface area contributed by atoms with Crippen LogP contribution in [0.15, 0.2) is 16.0 Å². The first kappa shape index (κ1) is 13.2. The van der Waals surface area contributed by atoms with E-state index in [-0.39, 0.29) is 11.0 Å². The summed E-state index contributed by atoms with van der Waals surface area (Å²) >= 11 is 1.57. The van der Waals surface area contributed by atoms with E-state index in [1.165, 1.54) is 0 Å². The molecule has 0 amide bonds. The van der Waals surface area contributed by atoms with Gasteiger partial charge in [0.2, 0.25) is 0 Å². The molecule has 0 radical (unpaired) electrons. The van der Waals surface area contributed by atoms with Gasteiger partial charge in [0.1, 0.15) is 0 Å². The molecule has 0 aromatic carbocycles. The van der Waals surface area contributed by atoms with Crippen molar-refractivity contribution in [1.29, 1.82) is 5.26 Å². The standard InChI is InChI=1S/C13H17N3OS/c1-2-3-10-8-11(17)16-12(15-10)18-9-13(4-5-13)6-7-14/h8H,2-6,9H2,1H3,(H,15,16,17). The smallest absolute Gasteiger partial charge is 0.251 e. The fourth-order valence-electron chi connectivity index (χ4n) is 1.87. The lowest BCUT2D eigenvalue weighted by atomic mass is 10.1. The highest BCUT2D eigenvalue weighted by Gasteiger charge is 2.42. The predicted molar refractivity (Wildman–Crippen MR) is 71.5 cm³/mol. The van der Waals surface area contributed by atoms with Crippen molar-refractivity contribution in [1.82, 2.24) is 9.97 Å². The summed E-state index contributed by atoms with van der Waals surface area (Å²) in [4.78, 5) is 18.7. The average molecular weight is 263 g/mol. The Balaban J connectivity index is 2.01. The lowest BCUT2D eigenvalue weighted by Crippen LogP contribution is -2.11. The number of H-pyrrole nitrogens is 1. The molecule has 0 spiro atoms. The number of hydrogen-bond donors (Lipinski definition) is 1. The zero-order chi connectivity index (χ0) is 13.0. The first-order valence-electron chi connectivity index (χ1n) is 6.27. The van der Waals surface area contributed by atoms with E-state index in [1.54, 1.807) is 17.8 Å². The molecule has 1 aliphatic rings. The summed E-state index contributed by atoms with van der Waals surface area (Å²) < 4.78 is 0. The monoisotopic (exact) mass is 263 g/mol. The van der Waals surface area contributed by atoms with Crippen LogP contribution < -0.4 is 5.56 Å². The third kappa shape index (κ3) is 3.36. The molecule has 5 heteroatoms. The van der Waals surface area contributed by atoms with Gasteiger partial charge in [-0.1, -0.05) is 25.1 Å². The first-order valence-corrected chi connectivity index (χ1v) is 7.26. The molecule has 4 nitrogen and oxygen atoms in total. The lowest BCUT2D eigenvalue weighted by molar-refractivity contribution is 0.603. The molecular weight excluding hydrogens is 246 g/mol. The summed E-state index contributed by atoms with van der Waals surface area (Å²) in [5, 5.41) is 9.45. The summed E-state index contributed by atoms with van der Waals surface area (Å²) in [5.74, 6) is 0.874. The summed E-state index contributed by atoms with van der Waals surface area (Å²) in [5.41, 5.74) is 0.952. The molecule has 1 aromatic rings. The van der Waals surface area contributed by atoms with Crippen molar-refractivity contribution in [3.05, 3.63) is 22.1 Å². The van der Waals surface area contributed by atoms with E-state index < -0.39 is 0 Å². The Kier molecular flexibility index (Phi) is 4.07. The van der Waals surface area contributed by atoms with E-state index in [4.69, 9.17) is 5.26 Å². The van der Waals surface area contributed by atoms with Gasteiger partial charge in [-0.25, -0.2) is 4.98 Å². The van der Waals surface area contributed by atoms with Crippen LogP contribution in [-0.4, -0.2) is 15.7 Å². The fraction of sp³-hybridized carbons (Fsp3) is 0.615. The minimum absolute atomic E-state index is 0.0823. The normalized spacial score (nSPS) is 16.2. The third-order valence-electron chi connectivity index (χ3n) is 3.21. The third-order valence-corrected chi connectivity index (χ3v) is 4.43. The highest BCUT2D eigenvalue weighted by molar-refractivity contribution is 7.99. The first-order chi connectivity index (χ1) is 8.67. The maximum absolute atomic E-state index is 11.5. The number of thioether (sulfide) groups is 1. The topological polar surface area (TPSA) is 69.5 Å². The second-order valence-electron chi connectivity index (χ2n) is 4.92. The molecule has 1 aliphatic carbocycles. The van der Waals surface area contributed by atoms with Gasteiger partial charge in [0, 0.05) is 23.9 Å². The SMILES string of the molecule is CCCc1cc(=O)[nH]c(SCC2(CC#N)CC2)n1. The van der Waals surface area contributed by atoms with E-state index in [2.05, 4.69) is 23.0 Å². The van der Waals surface area contributed by atoms with Crippen molar-refractivity contribution >= 4 is 11.8 Å². The number of nitrogens with zero attached hydrogens (tertiary/aromatic N) is 2. The summed E-state index contributed by atoms with van der Waals surface area (Å²) in [6.45, 7) is 2.07. The largest absolute Gasteiger partial charge is 0.301 e. The molecule has 1 saturated carbocycles.